The Labute approximate surface area is 299 Å². The van der Waals surface area contributed by atoms with Gasteiger partial charge in [0.05, 0.1) is 31.6 Å². The third-order valence-corrected chi connectivity index (χ3v) is 9.58. The second-order valence-corrected chi connectivity index (χ2v) is 14.3. The Kier molecular flexibility index (Phi) is 10.3. The Bertz CT molecular complexity index is 2080. The van der Waals surface area contributed by atoms with Crippen LogP contribution in [0.4, 0.5) is 26.3 Å². The van der Waals surface area contributed by atoms with E-state index in [1.807, 2.05) is 0 Å². The molecule has 2 N–H and O–H groups in total. The van der Waals surface area contributed by atoms with E-state index in [-0.39, 0.29) is 11.0 Å². The van der Waals surface area contributed by atoms with E-state index in [4.69, 9.17) is 19.7 Å². The molecule has 6 rings (SSSR count). The molecule has 0 aliphatic rings. The molecule has 0 amide bonds. The first-order valence-corrected chi connectivity index (χ1v) is 16.8. The van der Waals surface area contributed by atoms with E-state index in [2.05, 4.69) is 9.97 Å². The van der Waals surface area contributed by atoms with E-state index < -0.39 is 46.6 Å². The third kappa shape index (κ3) is 8.80. The van der Waals surface area contributed by atoms with Crippen LogP contribution in [0.3, 0.4) is 0 Å². The van der Waals surface area contributed by atoms with Crippen LogP contribution in [0.1, 0.15) is 38.8 Å². The molecule has 0 saturated heterocycles. The average molecular weight is 763 g/mol. The number of aliphatic carboxylic acids is 2. The van der Waals surface area contributed by atoms with Crippen molar-refractivity contribution in [3.63, 3.8) is 0 Å². The maximum atomic E-state index is 12.8. The topological polar surface area (TPSA) is 119 Å². The predicted molar refractivity (Wildman–Crippen MR) is 185 cm³/mol. The van der Waals surface area contributed by atoms with Crippen molar-refractivity contribution in [2.24, 2.45) is 0 Å². The van der Waals surface area contributed by atoms with Crippen LogP contribution in [0.25, 0.3) is 41.6 Å². The molecule has 52 heavy (non-hydrogen) atoms. The van der Waals surface area contributed by atoms with E-state index in [1.54, 1.807) is 48.5 Å². The number of hydrogen-bond acceptors (Lipinski definition) is 8. The molecule has 0 atom stereocenters. The van der Waals surface area contributed by atoms with E-state index in [9.17, 15) is 35.9 Å². The van der Waals surface area contributed by atoms with Crippen LogP contribution in [0.2, 0.25) is 0 Å². The summed E-state index contributed by atoms with van der Waals surface area (Å²) in [6.45, 7) is 5.76. The minimum Gasteiger partial charge on any atom is -0.478 e. The van der Waals surface area contributed by atoms with Crippen LogP contribution in [0.5, 0.6) is 11.5 Å². The third-order valence-electron chi connectivity index (χ3n) is 7.41. The lowest BCUT2D eigenvalue weighted by Gasteiger charge is -2.21. The normalized spacial score (nSPS) is 12.3. The number of carboxylic acids is 2. The van der Waals surface area contributed by atoms with Crippen LogP contribution in [0, 0.1) is 0 Å². The number of thiazole rings is 2. The van der Waals surface area contributed by atoms with Gasteiger partial charge >= 0.3 is 24.3 Å². The van der Waals surface area contributed by atoms with E-state index in [1.165, 1.54) is 62.5 Å². The predicted octanol–water partition coefficient (Wildman–Crippen LogP) is 10.4. The van der Waals surface area contributed by atoms with Gasteiger partial charge in [-0.1, -0.05) is 0 Å². The largest absolute Gasteiger partial charge is 0.478 e. The van der Waals surface area contributed by atoms with E-state index >= 15 is 0 Å². The van der Waals surface area contributed by atoms with Crippen molar-refractivity contribution >= 4 is 55.0 Å². The van der Waals surface area contributed by atoms with Crippen molar-refractivity contribution in [3.8, 4) is 32.6 Å². The van der Waals surface area contributed by atoms with Gasteiger partial charge in [-0.25, -0.2) is 19.6 Å². The monoisotopic (exact) mass is 762 g/mol. The van der Waals surface area contributed by atoms with Gasteiger partial charge in [0, 0.05) is 11.1 Å². The molecule has 2 heterocycles. The number of carboxylic acid groups (broad SMARTS) is 2. The average Bonchev–Trinajstić information content (AvgIpc) is 3.68. The highest BCUT2D eigenvalue weighted by Crippen LogP contribution is 2.37. The van der Waals surface area contributed by atoms with Crippen LogP contribution in [-0.2, 0) is 21.9 Å². The van der Waals surface area contributed by atoms with Crippen molar-refractivity contribution in [1.29, 1.82) is 0 Å². The Hall–Kier alpha value is -5.22. The van der Waals surface area contributed by atoms with Gasteiger partial charge < -0.3 is 19.7 Å². The van der Waals surface area contributed by atoms with Gasteiger partial charge in [-0.05, 0) is 113 Å². The van der Waals surface area contributed by atoms with Gasteiger partial charge in [0.25, 0.3) is 0 Å². The second kappa shape index (κ2) is 14.1. The van der Waals surface area contributed by atoms with Gasteiger partial charge in [0.15, 0.2) is 11.2 Å². The molecular weight excluding hydrogens is 735 g/mol. The zero-order valence-corrected chi connectivity index (χ0v) is 29.2. The molecule has 2 aromatic heterocycles. The number of hydrogen-bond donors (Lipinski definition) is 2. The van der Waals surface area contributed by atoms with E-state index in [0.717, 1.165) is 24.3 Å². The fraction of sp³-hybridized carbons (Fsp3) is 0.222. The lowest BCUT2D eigenvalue weighted by atomic mass is 10.1. The summed E-state index contributed by atoms with van der Waals surface area (Å²) in [6.07, 6.45) is -8.82. The lowest BCUT2D eigenvalue weighted by molar-refractivity contribution is -0.152. The number of aromatic nitrogens is 2. The molecule has 0 spiro atoms. The molecule has 0 unspecified atom stereocenters. The number of alkyl halides is 6. The van der Waals surface area contributed by atoms with Crippen molar-refractivity contribution in [2.75, 3.05) is 0 Å². The van der Waals surface area contributed by atoms with Crippen molar-refractivity contribution in [3.05, 3.63) is 96.1 Å². The summed E-state index contributed by atoms with van der Waals surface area (Å²) < 4.78 is 89.0. The van der Waals surface area contributed by atoms with Gasteiger partial charge in [-0.15, -0.1) is 22.7 Å². The molecule has 272 valence electrons. The first-order valence-electron chi connectivity index (χ1n) is 15.1. The molecular formula is C36H28F6N2O6S2. The number of halogens is 6. The number of rotatable bonds is 8. The van der Waals surface area contributed by atoms with Crippen molar-refractivity contribution in [1.82, 2.24) is 9.97 Å². The minimum atomic E-state index is -4.41. The van der Waals surface area contributed by atoms with Crippen molar-refractivity contribution < 1.29 is 55.6 Å². The molecule has 4 aromatic carbocycles. The number of benzene rings is 4. The quantitative estimate of drug-likeness (QED) is 0.147. The second-order valence-electron chi connectivity index (χ2n) is 12.3. The van der Waals surface area contributed by atoms with Gasteiger partial charge in [0.1, 0.15) is 21.5 Å². The number of nitrogens with zero attached hydrogens (tertiary/aromatic N) is 2. The minimum absolute atomic E-state index is 0.284. The molecule has 6 aromatic rings. The fourth-order valence-corrected chi connectivity index (χ4v) is 6.37. The number of carbonyl (C=O) groups is 2. The molecule has 0 saturated carbocycles. The molecule has 0 bridgehead atoms. The maximum Gasteiger partial charge on any atom is 0.416 e. The summed E-state index contributed by atoms with van der Waals surface area (Å²) in [6, 6.07) is 20.1. The van der Waals surface area contributed by atoms with Gasteiger partial charge in [-0.3, -0.25) is 0 Å². The summed E-state index contributed by atoms with van der Waals surface area (Å²) in [5.41, 5.74) is -2.22. The van der Waals surface area contributed by atoms with Crippen LogP contribution < -0.4 is 9.47 Å². The fourth-order valence-electron chi connectivity index (χ4n) is 4.46. The van der Waals surface area contributed by atoms with E-state index in [0.29, 0.717) is 42.0 Å². The molecule has 0 aliphatic carbocycles. The highest BCUT2D eigenvalue weighted by molar-refractivity contribution is 7.22. The standard InChI is InChI=1S/2C18H14F3NO3S/c2*1-17(2,16(23)24)25-12-6-3-10(4-7-12)15-22-13-9-11(18(19,20)21)5-8-14(13)26-15/h2*3-9H,1-2H3,(H,23,24). The zero-order chi connectivity index (χ0) is 38.2. The Balaban J connectivity index is 0.000000201. The first kappa shape index (κ1) is 38.0. The Morgan fingerprint density at radius 1 is 0.558 bits per heavy atom. The Morgan fingerprint density at radius 3 is 1.17 bits per heavy atom. The Morgan fingerprint density at radius 2 is 0.885 bits per heavy atom. The van der Waals surface area contributed by atoms with Gasteiger partial charge in [-0.2, -0.15) is 26.3 Å². The summed E-state index contributed by atoms with van der Waals surface area (Å²) in [7, 11) is 0. The lowest BCUT2D eigenvalue weighted by Crippen LogP contribution is -2.37. The summed E-state index contributed by atoms with van der Waals surface area (Å²) in [4.78, 5) is 30.7. The van der Waals surface area contributed by atoms with Gasteiger partial charge in [0.2, 0.25) is 0 Å². The highest BCUT2D eigenvalue weighted by atomic mass is 32.1. The molecule has 0 fully saturated rings. The first-order chi connectivity index (χ1) is 24.1. The molecule has 0 radical (unpaired) electrons. The van der Waals surface area contributed by atoms with Crippen LogP contribution >= 0.6 is 22.7 Å². The molecule has 0 aliphatic heterocycles. The molecule has 16 heteroatoms. The smallest absolute Gasteiger partial charge is 0.416 e. The summed E-state index contributed by atoms with van der Waals surface area (Å²) in [5.74, 6) is -1.43. The SMILES string of the molecule is CC(C)(Oc1ccc(-c2nc3cc(C(F)(F)F)ccc3s2)cc1)C(=O)O.CC(C)(Oc1ccc(-c2nc3cc(C(F)(F)F)ccc3s2)cc1)C(=O)O. The number of fused-ring (bicyclic) bond motifs is 2. The molecule has 8 nitrogen and oxygen atoms in total. The van der Waals surface area contributed by atoms with Crippen LogP contribution in [-0.4, -0.2) is 43.3 Å². The van der Waals surface area contributed by atoms with Crippen molar-refractivity contribution in [2.45, 2.75) is 51.2 Å². The maximum absolute atomic E-state index is 12.8. The summed E-state index contributed by atoms with van der Waals surface area (Å²) in [5, 5.41) is 19.3. The summed E-state index contributed by atoms with van der Waals surface area (Å²) >= 11 is 2.56. The highest BCUT2D eigenvalue weighted by Gasteiger charge is 2.33. The zero-order valence-electron chi connectivity index (χ0n) is 27.6. The number of ether oxygens (including phenoxy) is 2. The van der Waals surface area contributed by atoms with Crippen LogP contribution in [0.15, 0.2) is 84.9 Å².